The number of benzene rings is 1. The summed E-state index contributed by atoms with van der Waals surface area (Å²) in [6.07, 6.45) is 2.19. The van der Waals surface area contributed by atoms with E-state index < -0.39 is 9.84 Å². The second-order valence-electron chi connectivity index (χ2n) is 4.84. The summed E-state index contributed by atoms with van der Waals surface area (Å²) in [5.41, 5.74) is 2.55. The molecular weight excluding hydrogens is 276 g/mol. The first-order valence-corrected chi connectivity index (χ1v) is 8.70. The first kappa shape index (κ1) is 16.5. The largest absolute Gasteiger partial charge is 0.385 e. The molecule has 0 aromatic heterocycles. The molecule has 112 valence electrons. The van der Waals surface area contributed by atoms with Crippen LogP contribution in [0, 0.1) is 6.92 Å². The highest BCUT2D eigenvalue weighted by Gasteiger charge is 2.09. The number of hydrogen-bond donors (Lipinski definition) is 2. The minimum atomic E-state index is -3.05. The zero-order valence-corrected chi connectivity index (χ0v) is 13.0. The SMILES string of the molecule is CCCNc1ccc(C(=O)NCCS(C)(=O)=O)cc1C. The van der Waals surface area contributed by atoms with Crippen LogP contribution in [0.4, 0.5) is 5.69 Å². The first-order chi connectivity index (χ1) is 9.33. The van der Waals surface area contributed by atoms with Gasteiger partial charge in [-0.3, -0.25) is 4.79 Å². The maximum absolute atomic E-state index is 11.9. The Morgan fingerprint density at radius 1 is 1.25 bits per heavy atom. The predicted octanol–water partition coefficient (Wildman–Crippen LogP) is 1.59. The number of sulfone groups is 1. The third-order valence-corrected chi connectivity index (χ3v) is 3.76. The van der Waals surface area contributed by atoms with Gasteiger partial charge in [-0.2, -0.15) is 0 Å². The highest BCUT2D eigenvalue weighted by atomic mass is 32.2. The fraction of sp³-hybridized carbons (Fsp3) is 0.500. The van der Waals surface area contributed by atoms with E-state index in [9.17, 15) is 13.2 Å². The third-order valence-electron chi connectivity index (χ3n) is 2.81. The fourth-order valence-corrected chi connectivity index (χ4v) is 2.19. The van der Waals surface area contributed by atoms with E-state index in [1.807, 2.05) is 13.0 Å². The second kappa shape index (κ2) is 7.28. The van der Waals surface area contributed by atoms with Crippen LogP contribution in [0.1, 0.15) is 29.3 Å². The highest BCUT2D eigenvalue weighted by Crippen LogP contribution is 2.16. The lowest BCUT2D eigenvalue weighted by Crippen LogP contribution is -2.28. The molecular formula is C14H22N2O3S. The lowest BCUT2D eigenvalue weighted by atomic mass is 10.1. The molecule has 0 saturated heterocycles. The van der Waals surface area contributed by atoms with Crippen molar-refractivity contribution in [3.05, 3.63) is 29.3 Å². The molecule has 0 bridgehead atoms. The van der Waals surface area contributed by atoms with Crippen molar-refractivity contribution < 1.29 is 13.2 Å². The molecule has 0 saturated carbocycles. The van der Waals surface area contributed by atoms with E-state index in [4.69, 9.17) is 0 Å². The summed E-state index contributed by atoms with van der Waals surface area (Å²) < 4.78 is 22.0. The average molecular weight is 298 g/mol. The molecule has 0 aliphatic rings. The molecule has 1 aromatic rings. The van der Waals surface area contributed by atoms with Gasteiger partial charge < -0.3 is 10.6 Å². The van der Waals surface area contributed by atoms with E-state index in [0.717, 1.165) is 30.5 Å². The Labute approximate surface area is 120 Å². The van der Waals surface area contributed by atoms with Gasteiger partial charge >= 0.3 is 0 Å². The molecule has 0 aliphatic heterocycles. The Morgan fingerprint density at radius 3 is 2.50 bits per heavy atom. The summed E-state index contributed by atoms with van der Waals surface area (Å²) >= 11 is 0. The first-order valence-electron chi connectivity index (χ1n) is 6.64. The van der Waals surface area contributed by atoms with Gasteiger partial charge in [-0.25, -0.2) is 8.42 Å². The Hall–Kier alpha value is -1.56. The van der Waals surface area contributed by atoms with Crippen LogP contribution < -0.4 is 10.6 Å². The van der Waals surface area contributed by atoms with Crippen molar-refractivity contribution in [1.82, 2.24) is 5.32 Å². The molecule has 0 fully saturated rings. The van der Waals surface area contributed by atoms with Crippen LogP contribution in [-0.4, -0.2) is 39.4 Å². The van der Waals surface area contributed by atoms with Gasteiger partial charge in [-0.05, 0) is 37.1 Å². The smallest absolute Gasteiger partial charge is 0.251 e. The Kier molecular flexibility index (Phi) is 6.01. The van der Waals surface area contributed by atoms with Gasteiger partial charge in [-0.15, -0.1) is 0 Å². The lowest BCUT2D eigenvalue weighted by molar-refractivity contribution is 0.0956. The number of amides is 1. The molecule has 0 radical (unpaired) electrons. The molecule has 0 aliphatic carbocycles. The molecule has 1 rings (SSSR count). The molecule has 5 nitrogen and oxygen atoms in total. The topological polar surface area (TPSA) is 75.3 Å². The number of anilines is 1. The summed E-state index contributed by atoms with van der Waals surface area (Å²) in [7, 11) is -3.05. The van der Waals surface area contributed by atoms with Crippen molar-refractivity contribution >= 4 is 21.4 Å². The Morgan fingerprint density at radius 2 is 1.95 bits per heavy atom. The maximum Gasteiger partial charge on any atom is 0.251 e. The van der Waals surface area contributed by atoms with Gasteiger partial charge in [0.25, 0.3) is 5.91 Å². The van der Waals surface area contributed by atoms with E-state index in [2.05, 4.69) is 17.6 Å². The number of aryl methyl sites for hydroxylation is 1. The number of carbonyl (C=O) groups excluding carboxylic acids is 1. The van der Waals surface area contributed by atoms with E-state index in [1.165, 1.54) is 0 Å². The molecule has 0 spiro atoms. The van der Waals surface area contributed by atoms with Crippen molar-refractivity contribution in [2.75, 3.05) is 30.4 Å². The van der Waals surface area contributed by atoms with Crippen molar-refractivity contribution in [3.63, 3.8) is 0 Å². The number of carbonyl (C=O) groups is 1. The zero-order chi connectivity index (χ0) is 15.2. The van der Waals surface area contributed by atoms with E-state index in [1.54, 1.807) is 12.1 Å². The third kappa shape index (κ3) is 5.61. The minimum Gasteiger partial charge on any atom is -0.385 e. The van der Waals surface area contributed by atoms with Gasteiger partial charge in [0.05, 0.1) is 5.75 Å². The Balaban J connectivity index is 2.63. The number of hydrogen-bond acceptors (Lipinski definition) is 4. The molecule has 1 amide bonds. The quantitative estimate of drug-likeness (QED) is 0.801. The van der Waals surface area contributed by atoms with Crippen molar-refractivity contribution in [1.29, 1.82) is 0 Å². The van der Waals surface area contributed by atoms with Crippen LogP contribution in [-0.2, 0) is 9.84 Å². The molecule has 6 heteroatoms. The van der Waals surface area contributed by atoms with Crippen LogP contribution in [0.3, 0.4) is 0 Å². The Bertz CT molecular complexity index is 568. The standard InChI is InChI=1S/C14H22N2O3S/c1-4-7-15-13-6-5-12(10-11(13)2)14(17)16-8-9-20(3,18)19/h5-6,10,15H,4,7-9H2,1-3H3,(H,16,17). The van der Waals surface area contributed by atoms with Crippen LogP contribution in [0.25, 0.3) is 0 Å². The van der Waals surface area contributed by atoms with Gasteiger partial charge in [-0.1, -0.05) is 6.92 Å². The summed E-state index contributed by atoms with van der Waals surface area (Å²) in [5.74, 6) is -0.299. The normalized spacial score (nSPS) is 11.2. The molecule has 0 unspecified atom stereocenters. The predicted molar refractivity (Wildman–Crippen MR) is 82.0 cm³/mol. The monoisotopic (exact) mass is 298 g/mol. The maximum atomic E-state index is 11.9. The van der Waals surface area contributed by atoms with Gasteiger partial charge in [0.2, 0.25) is 0 Å². The minimum absolute atomic E-state index is 0.0478. The molecule has 2 N–H and O–H groups in total. The van der Waals surface area contributed by atoms with Crippen molar-refractivity contribution in [2.45, 2.75) is 20.3 Å². The van der Waals surface area contributed by atoms with Crippen LogP contribution in [0.2, 0.25) is 0 Å². The average Bonchev–Trinajstić information content (AvgIpc) is 2.35. The van der Waals surface area contributed by atoms with Crippen LogP contribution in [0.5, 0.6) is 0 Å². The molecule has 1 aromatic carbocycles. The zero-order valence-electron chi connectivity index (χ0n) is 12.2. The summed E-state index contributed by atoms with van der Waals surface area (Å²) in [5, 5.41) is 5.89. The van der Waals surface area contributed by atoms with Gasteiger partial charge in [0.1, 0.15) is 9.84 Å². The molecule has 0 atom stereocenters. The van der Waals surface area contributed by atoms with Crippen molar-refractivity contribution in [3.8, 4) is 0 Å². The van der Waals surface area contributed by atoms with E-state index >= 15 is 0 Å². The second-order valence-corrected chi connectivity index (χ2v) is 7.10. The van der Waals surface area contributed by atoms with E-state index in [-0.39, 0.29) is 18.2 Å². The highest BCUT2D eigenvalue weighted by molar-refractivity contribution is 7.90. The molecule has 20 heavy (non-hydrogen) atoms. The summed E-state index contributed by atoms with van der Waals surface area (Å²) in [6, 6.07) is 5.41. The summed E-state index contributed by atoms with van der Waals surface area (Å²) in [6.45, 7) is 5.05. The van der Waals surface area contributed by atoms with Gasteiger partial charge in [0.15, 0.2) is 0 Å². The number of rotatable bonds is 7. The lowest BCUT2D eigenvalue weighted by Gasteiger charge is -2.10. The van der Waals surface area contributed by atoms with Crippen molar-refractivity contribution in [2.24, 2.45) is 0 Å². The van der Waals surface area contributed by atoms with Gasteiger partial charge in [0, 0.05) is 30.6 Å². The molecule has 0 heterocycles. The number of nitrogens with one attached hydrogen (secondary N) is 2. The van der Waals surface area contributed by atoms with Crippen LogP contribution >= 0.6 is 0 Å². The van der Waals surface area contributed by atoms with Crippen LogP contribution in [0.15, 0.2) is 18.2 Å². The van der Waals surface area contributed by atoms with E-state index in [0.29, 0.717) is 5.56 Å². The summed E-state index contributed by atoms with van der Waals surface area (Å²) in [4.78, 5) is 11.9. The fourth-order valence-electron chi connectivity index (χ4n) is 1.71.